The SMILES string of the molecule is C=CC(=O)Oc1ccc(N(c2ccccc2)c2ccc(-c3ccc(N(c4ccccc4)c4ccccc4)cc3)cc2)cc1. The lowest BCUT2D eigenvalue weighted by molar-refractivity contribution is -0.128. The molecule has 6 aromatic carbocycles. The number of hydrogen-bond donors (Lipinski definition) is 0. The first-order chi connectivity index (χ1) is 21.2. The summed E-state index contributed by atoms with van der Waals surface area (Å²) in [5.41, 5.74) is 8.56. The van der Waals surface area contributed by atoms with Gasteiger partial charge in [0.15, 0.2) is 0 Å². The molecule has 0 aliphatic heterocycles. The lowest BCUT2D eigenvalue weighted by Crippen LogP contribution is -2.10. The van der Waals surface area contributed by atoms with Gasteiger partial charge in [0.25, 0.3) is 0 Å². The van der Waals surface area contributed by atoms with E-state index in [0.29, 0.717) is 5.75 Å². The fourth-order valence-electron chi connectivity index (χ4n) is 5.05. The fourth-order valence-corrected chi connectivity index (χ4v) is 5.05. The molecule has 0 aliphatic carbocycles. The van der Waals surface area contributed by atoms with Crippen molar-refractivity contribution in [2.24, 2.45) is 0 Å². The summed E-state index contributed by atoms with van der Waals surface area (Å²) >= 11 is 0. The van der Waals surface area contributed by atoms with Gasteiger partial charge in [-0.3, -0.25) is 0 Å². The number of carbonyl (C=O) groups is 1. The highest BCUT2D eigenvalue weighted by Gasteiger charge is 2.14. The smallest absolute Gasteiger partial charge is 0.335 e. The quantitative estimate of drug-likeness (QED) is 0.100. The van der Waals surface area contributed by atoms with Crippen LogP contribution >= 0.6 is 0 Å². The molecule has 0 amide bonds. The highest BCUT2D eigenvalue weighted by atomic mass is 16.5. The molecule has 6 rings (SSSR count). The Labute approximate surface area is 252 Å². The Morgan fingerprint density at radius 1 is 0.442 bits per heavy atom. The van der Waals surface area contributed by atoms with Crippen molar-refractivity contribution >= 4 is 40.1 Å². The average molecular weight is 559 g/mol. The average Bonchev–Trinajstić information content (AvgIpc) is 3.08. The van der Waals surface area contributed by atoms with Crippen LogP contribution in [0.5, 0.6) is 5.75 Å². The van der Waals surface area contributed by atoms with Crippen LogP contribution in [0.4, 0.5) is 34.1 Å². The highest BCUT2D eigenvalue weighted by Crippen LogP contribution is 2.38. The third-order valence-corrected chi connectivity index (χ3v) is 7.11. The van der Waals surface area contributed by atoms with Crippen LogP contribution in [0.15, 0.2) is 176 Å². The molecule has 0 aliphatic rings. The van der Waals surface area contributed by atoms with Crippen molar-refractivity contribution in [2.75, 3.05) is 9.80 Å². The van der Waals surface area contributed by atoms with Crippen molar-refractivity contribution < 1.29 is 9.53 Å². The minimum absolute atomic E-state index is 0.471. The Kier molecular flexibility index (Phi) is 8.10. The van der Waals surface area contributed by atoms with E-state index in [2.05, 4.69) is 126 Å². The number of rotatable bonds is 9. The van der Waals surface area contributed by atoms with Gasteiger partial charge in [0.05, 0.1) is 0 Å². The third kappa shape index (κ3) is 6.24. The summed E-state index contributed by atoms with van der Waals surface area (Å²) in [7, 11) is 0. The van der Waals surface area contributed by atoms with Crippen molar-refractivity contribution in [1.29, 1.82) is 0 Å². The zero-order valence-electron chi connectivity index (χ0n) is 23.6. The maximum atomic E-state index is 11.6. The van der Waals surface area contributed by atoms with Gasteiger partial charge in [0, 0.05) is 40.2 Å². The third-order valence-electron chi connectivity index (χ3n) is 7.11. The van der Waals surface area contributed by atoms with Gasteiger partial charge in [-0.1, -0.05) is 85.4 Å². The molecule has 0 fully saturated rings. The second-order valence-corrected chi connectivity index (χ2v) is 9.89. The summed E-state index contributed by atoms with van der Waals surface area (Å²) in [6.07, 6.45) is 1.15. The molecule has 0 saturated heterocycles. The first-order valence-electron chi connectivity index (χ1n) is 14.1. The highest BCUT2D eigenvalue weighted by molar-refractivity contribution is 5.84. The number of esters is 1. The number of para-hydroxylation sites is 3. The molecule has 4 heteroatoms. The molecule has 4 nitrogen and oxygen atoms in total. The van der Waals surface area contributed by atoms with Gasteiger partial charge in [0.1, 0.15) is 5.75 Å². The lowest BCUT2D eigenvalue weighted by atomic mass is 10.0. The Morgan fingerprint density at radius 3 is 1.07 bits per heavy atom. The van der Waals surface area contributed by atoms with E-state index in [4.69, 9.17) is 4.74 Å². The molecule has 208 valence electrons. The lowest BCUT2D eigenvalue weighted by Gasteiger charge is -2.26. The number of benzene rings is 6. The summed E-state index contributed by atoms with van der Waals surface area (Å²) in [4.78, 5) is 16.0. The predicted octanol–water partition coefficient (Wildman–Crippen LogP) is 10.4. The van der Waals surface area contributed by atoms with Gasteiger partial charge >= 0.3 is 5.97 Å². The molecular weight excluding hydrogens is 528 g/mol. The van der Waals surface area contributed by atoms with Gasteiger partial charge in [-0.15, -0.1) is 0 Å². The van der Waals surface area contributed by atoms with Gasteiger partial charge < -0.3 is 14.5 Å². The Morgan fingerprint density at radius 2 is 0.744 bits per heavy atom. The molecular formula is C39H30N2O2. The van der Waals surface area contributed by atoms with E-state index >= 15 is 0 Å². The number of ether oxygens (including phenoxy) is 1. The summed E-state index contributed by atoms with van der Waals surface area (Å²) in [5.74, 6) is -0.0114. The summed E-state index contributed by atoms with van der Waals surface area (Å²) in [6.45, 7) is 3.46. The number of carbonyl (C=O) groups excluding carboxylic acids is 1. The van der Waals surface area contributed by atoms with Crippen LogP contribution in [0, 0.1) is 0 Å². The van der Waals surface area contributed by atoms with E-state index in [-0.39, 0.29) is 0 Å². The minimum atomic E-state index is -0.482. The van der Waals surface area contributed by atoms with Crippen molar-refractivity contribution in [3.63, 3.8) is 0 Å². The largest absolute Gasteiger partial charge is 0.423 e. The molecule has 0 radical (unpaired) electrons. The zero-order chi connectivity index (χ0) is 29.4. The topological polar surface area (TPSA) is 32.8 Å². The van der Waals surface area contributed by atoms with Crippen molar-refractivity contribution in [2.45, 2.75) is 0 Å². The molecule has 0 heterocycles. The van der Waals surface area contributed by atoms with E-state index in [1.54, 1.807) is 12.1 Å². The first kappa shape index (κ1) is 27.3. The molecule has 0 aromatic heterocycles. The van der Waals surface area contributed by atoms with Crippen molar-refractivity contribution in [3.05, 3.63) is 176 Å². The van der Waals surface area contributed by atoms with Crippen LogP contribution in [0.25, 0.3) is 11.1 Å². The van der Waals surface area contributed by atoms with Crippen molar-refractivity contribution in [1.82, 2.24) is 0 Å². The van der Waals surface area contributed by atoms with Gasteiger partial charge in [-0.2, -0.15) is 0 Å². The van der Waals surface area contributed by atoms with Crippen LogP contribution in [-0.4, -0.2) is 5.97 Å². The van der Waals surface area contributed by atoms with E-state index in [1.807, 2.05) is 42.5 Å². The minimum Gasteiger partial charge on any atom is -0.423 e. The van der Waals surface area contributed by atoms with E-state index in [0.717, 1.165) is 51.3 Å². The maximum absolute atomic E-state index is 11.6. The number of hydrogen-bond acceptors (Lipinski definition) is 4. The fraction of sp³-hybridized carbons (Fsp3) is 0. The summed E-state index contributed by atoms with van der Waals surface area (Å²) in [5, 5.41) is 0. The standard InChI is InChI=1S/C39H30N2O2/c1-2-39(42)43-38-28-26-37(27-29-38)41(34-16-10-5-11-17-34)36-24-20-31(21-25-36)30-18-22-35(23-19-30)40(32-12-6-3-7-13-32)33-14-8-4-9-15-33/h2-29H,1H2. The molecule has 0 bridgehead atoms. The zero-order valence-corrected chi connectivity index (χ0v) is 23.6. The van der Waals surface area contributed by atoms with Crippen LogP contribution in [0.1, 0.15) is 0 Å². The van der Waals surface area contributed by atoms with Crippen molar-refractivity contribution in [3.8, 4) is 16.9 Å². The predicted molar refractivity (Wildman–Crippen MR) is 177 cm³/mol. The molecule has 43 heavy (non-hydrogen) atoms. The summed E-state index contributed by atoms with van der Waals surface area (Å²) in [6, 6.07) is 55.7. The molecule has 0 saturated carbocycles. The van der Waals surface area contributed by atoms with E-state index in [9.17, 15) is 4.79 Å². The molecule has 0 unspecified atom stereocenters. The Bertz CT molecular complexity index is 1750. The van der Waals surface area contributed by atoms with Crippen LogP contribution in [0.2, 0.25) is 0 Å². The number of nitrogens with zero attached hydrogens (tertiary/aromatic N) is 2. The van der Waals surface area contributed by atoms with Crippen LogP contribution in [0.3, 0.4) is 0 Å². The molecule has 0 atom stereocenters. The second-order valence-electron chi connectivity index (χ2n) is 9.89. The Balaban J connectivity index is 1.28. The van der Waals surface area contributed by atoms with Gasteiger partial charge in [-0.05, 0) is 96.1 Å². The molecule has 6 aromatic rings. The Hall–Kier alpha value is -5.87. The normalized spacial score (nSPS) is 10.5. The van der Waals surface area contributed by atoms with E-state index < -0.39 is 5.97 Å². The first-order valence-corrected chi connectivity index (χ1v) is 14.1. The van der Waals surface area contributed by atoms with Crippen LogP contribution in [-0.2, 0) is 4.79 Å². The molecule has 0 spiro atoms. The maximum Gasteiger partial charge on any atom is 0.335 e. The summed E-state index contributed by atoms with van der Waals surface area (Å²) < 4.78 is 5.27. The number of anilines is 6. The van der Waals surface area contributed by atoms with Gasteiger partial charge in [0.2, 0.25) is 0 Å². The van der Waals surface area contributed by atoms with Gasteiger partial charge in [-0.25, -0.2) is 4.79 Å². The monoisotopic (exact) mass is 558 g/mol. The van der Waals surface area contributed by atoms with E-state index in [1.165, 1.54) is 0 Å². The molecule has 0 N–H and O–H groups in total. The van der Waals surface area contributed by atoms with Crippen LogP contribution < -0.4 is 14.5 Å². The second kappa shape index (κ2) is 12.8.